The zero-order chi connectivity index (χ0) is 16.0. The largest absolute Gasteiger partial charge is 0.489 e. The third kappa shape index (κ3) is 6.61. The van der Waals surface area contributed by atoms with E-state index in [1.165, 1.54) is 5.56 Å². The van der Waals surface area contributed by atoms with Gasteiger partial charge in [0.15, 0.2) is 0 Å². The number of benzene rings is 2. The fourth-order valence-electron chi connectivity index (χ4n) is 1.99. The first kappa shape index (κ1) is 19.5. The summed E-state index contributed by atoms with van der Waals surface area (Å²) in [6.45, 7) is 7.41. The number of nitrogens with one attached hydrogen (secondary N) is 1. The van der Waals surface area contributed by atoms with E-state index in [4.69, 9.17) is 4.74 Å². The molecule has 126 valence electrons. The lowest BCUT2D eigenvalue weighted by Crippen LogP contribution is -2.42. The molecule has 2 aromatic carbocycles. The van der Waals surface area contributed by atoms with E-state index in [1.54, 1.807) is 0 Å². The predicted octanol–water partition coefficient (Wildman–Crippen LogP) is 3.86. The van der Waals surface area contributed by atoms with Gasteiger partial charge < -0.3 is 15.2 Å². The molecule has 0 aliphatic heterocycles. The van der Waals surface area contributed by atoms with Crippen LogP contribution in [0.2, 0.25) is 0 Å². The molecule has 2 N–H and O–H groups in total. The van der Waals surface area contributed by atoms with Crippen molar-refractivity contribution in [3.63, 3.8) is 0 Å². The highest BCUT2D eigenvalue weighted by Crippen LogP contribution is 2.16. The third-order valence-electron chi connectivity index (χ3n) is 3.59. The Morgan fingerprint density at radius 1 is 1.04 bits per heavy atom. The van der Waals surface area contributed by atoms with Crippen molar-refractivity contribution in [3.8, 4) is 5.75 Å². The Hall–Kier alpha value is -1.55. The quantitative estimate of drug-likeness (QED) is 0.807. The molecule has 0 fully saturated rings. The molecule has 0 bridgehead atoms. The third-order valence-corrected chi connectivity index (χ3v) is 3.59. The van der Waals surface area contributed by atoms with Crippen LogP contribution in [0.4, 0.5) is 0 Å². The minimum Gasteiger partial charge on any atom is -0.489 e. The number of halogens is 1. The fourth-order valence-corrected chi connectivity index (χ4v) is 1.99. The lowest BCUT2D eigenvalue weighted by Gasteiger charge is -2.23. The predicted molar refractivity (Wildman–Crippen MR) is 97.2 cm³/mol. The van der Waals surface area contributed by atoms with Gasteiger partial charge >= 0.3 is 0 Å². The maximum absolute atomic E-state index is 9.27. The van der Waals surface area contributed by atoms with Crippen LogP contribution >= 0.6 is 12.4 Å². The summed E-state index contributed by atoms with van der Waals surface area (Å²) < 4.78 is 5.85. The van der Waals surface area contributed by atoms with Crippen molar-refractivity contribution in [1.29, 1.82) is 0 Å². The zero-order valence-corrected chi connectivity index (χ0v) is 14.8. The molecule has 0 heterocycles. The second kappa shape index (κ2) is 8.92. The van der Waals surface area contributed by atoms with Crippen LogP contribution < -0.4 is 10.1 Å². The summed E-state index contributed by atoms with van der Waals surface area (Å²) in [6.07, 6.45) is 0. The number of aryl methyl sites for hydroxylation is 1. The molecule has 0 amide bonds. The van der Waals surface area contributed by atoms with Crippen LogP contribution in [-0.4, -0.2) is 17.3 Å². The Bertz CT molecular complexity index is 597. The highest BCUT2D eigenvalue weighted by molar-refractivity contribution is 5.85. The first-order valence-corrected chi connectivity index (χ1v) is 7.62. The van der Waals surface area contributed by atoms with E-state index in [9.17, 15) is 5.11 Å². The van der Waals surface area contributed by atoms with Gasteiger partial charge in [0.25, 0.3) is 0 Å². The number of ether oxygens (including phenoxy) is 1. The summed E-state index contributed by atoms with van der Waals surface area (Å²) in [4.78, 5) is 0. The Morgan fingerprint density at radius 3 is 2.39 bits per heavy atom. The minimum atomic E-state index is -0.279. The Kier molecular flexibility index (Phi) is 7.56. The van der Waals surface area contributed by atoms with Crippen molar-refractivity contribution in [2.75, 3.05) is 6.61 Å². The molecule has 0 saturated carbocycles. The van der Waals surface area contributed by atoms with E-state index >= 15 is 0 Å². The van der Waals surface area contributed by atoms with Crippen LogP contribution in [0.5, 0.6) is 5.75 Å². The highest BCUT2D eigenvalue weighted by atomic mass is 35.5. The molecular formula is C19H26ClNO2. The van der Waals surface area contributed by atoms with Gasteiger partial charge in [-0.15, -0.1) is 12.4 Å². The van der Waals surface area contributed by atoms with Gasteiger partial charge in [-0.2, -0.15) is 0 Å². The lowest BCUT2D eigenvalue weighted by atomic mass is 10.1. The van der Waals surface area contributed by atoms with E-state index in [0.29, 0.717) is 13.2 Å². The molecule has 0 aromatic heterocycles. The van der Waals surface area contributed by atoms with Crippen LogP contribution in [0, 0.1) is 6.92 Å². The summed E-state index contributed by atoms with van der Waals surface area (Å²) in [6, 6.07) is 16.4. The molecule has 4 heteroatoms. The summed E-state index contributed by atoms with van der Waals surface area (Å²) in [5.41, 5.74) is 3.28. The first-order valence-electron chi connectivity index (χ1n) is 7.62. The van der Waals surface area contributed by atoms with Crippen molar-refractivity contribution in [2.45, 2.75) is 39.5 Å². The van der Waals surface area contributed by atoms with E-state index in [2.05, 4.69) is 42.6 Å². The van der Waals surface area contributed by atoms with E-state index in [0.717, 1.165) is 16.9 Å². The van der Waals surface area contributed by atoms with Crippen LogP contribution in [0.3, 0.4) is 0 Å². The number of rotatable bonds is 7. The van der Waals surface area contributed by atoms with Crippen LogP contribution in [0.15, 0.2) is 48.5 Å². The maximum Gasteiger partial charge on any atom is 0.120 e. The summed E-state index contributed by atoms with van der Waals surface area (Å²) in [5.74, 6) is 0.863. The molecule has 0 aliphatic carbocycles. The Labute approximate surface area is 145 Å². The molecule has 0 saturated heterocycles. The first-order chi connectivity index (χ1) is 10.5. The molecular weight excluding hydrogens is 310 g/mol. The molecule has 0 spiro atoms. The van der Waals surface area contributed by atoms with Crippen LogP contribution in [0.1, 0.15) is 30.5 Å². The number of aliphatic hydroxyl groups excluding tert-OH is 1. The molecule has 0 radical (unpaired) electrons. The summed E-state index contributed by atoms with van der Waals surface area (Å²) in [7, 11) is 0. The van der Waals surface area contributed by atoms with Gasteiger partial charge in [0.2, 0.25) is 0 Å². The smallest absolute Gasteiger partial charge is 0.120 e. The highest BCUT2D eigenvalue weighted by Gasteiger charge is 2.14. The fraction of sp³-hybridized carbons (Fsp3) is 0.368. The summed E-state index contributed by atoms with van der Waals surface area (Å²) in [5, 5.41) is 12.6. The Morgan fingerprint density at radius 2 is 1.74 bits per heavy atom. The average molecular weight is 336 g/mol. The van der Waals surface area contributed by atoms with Gasteiger partial charge in [-0.1, -0.05) is 42.0 Å². The van der Waals surface area contributed by atoms with E-state index in [1.807, 2.05) is 32.0 Å². The molecule has 0 unspecified atom stereocenters. The monoisotopic (exact) mass is 335 g/mol. The molecule has 0 aliphatic rings. The number of aliphatic hydroxyl groups is 1. The summed E-state index contributed by atoms with van der Waals surface area (Å²) >= 11 is 0. The lowest BCUT2D eigenvalue weighted by molar-refractivity contribution is 0.187. The minimum absolute atomic E-state index is 0. The van der Waals surface area contributed by atoms with Gasteiger partial charge in [-0.25, -0.2) is 0 Å². The maximum atomic E-state index is 9.27. The standard InChI is InChI=1S/C19H25NO2.ClH/c1-15-7-9-16(10-8-15)13-22-18-6-4-5-17(11-18)12-20-19(2,3)14-21;/h4-11,20-21H,12-14H2,1-3H3;1H. The van der Waals surface area contributed by atoms with Crippen LogP contribution in [-0.2, 0) is 13.2 Å². The van der Waals surface area contributed by atoms with E-state index < -0.39 is 0 Å². The van der Waals surface area contributed by atoms with Gasteiger partial charge in [0.05, 0.1) is 6.61 Å². The van der Waals surface area contributed by atoms with Crippen molar-refractivity contribution in [1.82, 2.24) is 5.32 Å². The average Bonchev–Trinajstić information content (AvgIpc) is 2.53. The molecule has 2 aromatic rings. The topological polar surface area (TPSA) is 41.5 Å². The molecule has 2 rings (SSSR count). The van der Waals surface area contributed by atoms with Gasteiger partial charge in [-0.05, 0) is 44.0 Å². The van der Waals surface area contributed by atoms with Crippen molar-refractivity contribution in [2.24, 2.45) is 0 Å². The normalized spacial score (nSPS) is 11.0. The SMILES string of the molecule is Cc1ccc(COc2cccc(CNC(C)(C)CO)c2)cc1.Cl. The van der Waals surface area contributed by atoms with E-state index in [-0.39, 0.29) is 24.6 Å². The zero-order valence-electron chi connectivity index (χ0n) is 14.0. The van der Waals surface area contributed by atoms with Crippen molar-refractivity contribution >= 4 is 12.4 Å². The second-order valence-electron chi connectivity index (χ2n) is 6.32. The molecule has 23 heavy (non-hydrogen) atoms. The van der Waals surface area contributed by atoms with Crippen molar-refractivity contribution < 1.29 is 9.84 Å². The van der Waals surface area contributed by atoms with Gasteiger partial charge in [-0.3, -0.25) is 0 Å². The Balaban J connectivity index is 0.00000264. The van der Waals surface area contributed by atoms with Crippen molar-refractivity contribution in [3.05, 3.63) is 65.2 Å². The second-order valence-corrected chi connectivity index (χ2v) is 6.32. The van der Waals surface area contributed by atoms with Gasteiger partial charge in [0, 0.05) is 12.1 Å². The number of hydrogen-bond acceptors (Lipinski definition) is 3. The van der Waals surface area contributed by atoms with Crippen LogP contribution in [0.25, 0.3) is 0 Å². The van der Waals surface area contributed by atoms with Gasteiger partial charge in [0.1, 0.15) is 12.4 Å². The number of hydrogen-bond donors (Lipinski definition) is 2. The molecule has 0 atom stereocenters. The molecule has 3 nitrogen and oxygen atoms in total.